The number of nitriles is 2. The Morgan fingerprint density at radius 3 is 2.46 bits per heavy atom. The lowest BCUT2D eigenvalue weighted by atomic mass is 10.0. The van der Waals surface area contributed by atoms with Crippen molar-refractivity contribution in [3.8, 4) is 12.1 Å². The lowest BCUT2D eigenvalue weighted by Crippen LogP contribution is -2.42. The molecule has 0 aromatic heterocycles. The van der Waals surface area contributed by atoms with Gasteiger partial charge in [0.1, 0.15) is 17.7 Å². The van der Waals surface area contributed by atoms with Crippen LogP contribution in [0, 0.1) is 36.5 Å². The second kappa shape index (κ2) is 8.81. The molecule has 0 atom stereocenters. The summed E-state index contributed by atoms with van der Waals surface area (Å²) in [7, 11) is 0. The third-order valence-electron chi connectivity index (χ3n) is 2.87. The quantitative estimate of drug-likeness (QED) is 0.573. The van der Waals surface area contributed by atoms with E-state index in [1.54, 1.807) is 38.1 Å². The Bertz CT molecular complexity index is 740. The number of carbonyl (C=O) groups is 2. The predicted molar refractivity (Wildman–Crippen MR) is 86.5 cm³/mol. The first-order valence-corrected chi connectivity index (χ1v) is 7.04. The van der Waals surface area contributed by atoms with Gasteiger partial charge in [-0.3, -0.25) is 10.2 Å². The van der Waals surface area contributed by atoms with Crippen LogP contribution in [0.3, 0.4) is 0 Å². The summed E-state index contributed by atoms with van der Waals surface area (Å²) < 4.78 is 4.65. The predicted octanol–water partition coefficient (Wildman–Crippen LogP) is 2.04. The zero-order valence-corrected chi connectivity index (χ0v) is 13.6. The number of anilines is 1. The highest BCUT2D eigenvalue weighted by molar-refractivity contribution is 6.01. The van der Waals surface area contributed by atoms with E-state index in [4.69, 9.17) is 10.5 Å². The molecule has 1 aromatic rings. The lowest BCUT2D eigenvalue weighted by Gasteiger charge is -2.14. The van der Waals surface area contributed by atoms with Crippen molar-refractivity contribution in [1.29, 1.82) is 10.5 Å². The van der Waals surface area contributed by atoms with Gasteiger partial charge in [0, 0.05) is 6.20 Å². The van der Waals surface area contributed by atoms with Crippen molar-refractivity contribution in [1.82, 2.24) is 10.9 Å². The van der Waals surface area contributed by atoms with Crippen LogP contribution < -0.4 is 16.2 Å². The molecule has 0 saturated carbocycles. The molecule has 24 heavy (non-hydrogen) atoms. The summed E-state index contributed by atoms with van der Waals surface area (Å²) in [5.41, 5.74) is 6.45. The molecule has 0 fully saturated rings. The van der Waals surface area contributed by atoms with E-state index in [0.717, 1.165) is 5.56 Å². The minimum Gasteiger partial charge on any atom is -0.449 e. The number of hydrogen-bond donors (Lipinski definition) is 3. The number of rotatable bonds is 4. The fraction of sp³-hybridized carbons (Fsp3) is 0.250. The fourth-order valence-electron chi connectivity index (χ4n) is 1.96. The number of aryl methyl sites for hydroxylation is 2. The van der Waals surface area contributed by atoms with Crippen LogP contribution in [0.2, 0.25) is 0 Å². The molecule has 0 aliphatic carbocycles. The van der Waals surface area contributed by atoms with E-state index in [-0.39, 0.29) is 17.7 Å². The van der Waals surface area contributed by atoms with Gasteiger partial charge in [-0.1, -0.05) is 6.07 Å². The first kappa shape index (κ1) is 18.5. The zero-order valence-electron chi connectivity index (χ0n) is 13.6. The molecule has 0 aliphatic heterocycles. The van der Waals surface area contributed by atoms with E-state index in [9.17, 15) is 9.59 Å². The Balaban J connectivity index is 3.07. The Kier molecular flexibility index (Phi) is 6.80. The van der Waals surface area contributed by atoms with Gasteiger partial charge < -0.3 is 10.1 Å². The Labute approximate surface area is 139 Å². The number of benzene rings is 1. The second-order valence-electron chi connectivity index (χ2n) is 4.73. The van der Waals surface area contributed by atoms with Crippen molar-refractivity contribution >= 4 is 17.7 Å². The average molecular weight is 327 g/mol. The second-order valence-corrected chi connectivity index (χ2v) is 4.73. The first-order chi connectivity index (χ1) is 11.4. The van der Waals surface area contributed by atoms with Gasteiger partial charge >= 0.3 is 6.09 Å². The van der Waals surface area contributed by atoms with E-state index in [0.29, 0.717) is 11.3 Å². The minimum absolute atomic E-state index is 0.134. The molecular weight excluding hydrogens is 310 g/mol. The van der Waals surface area contributed by atoms with Gasteiger partial charge in [-0.2, -0.15) is 10.5 Å². The molecule has 124 valence electrons. The largest absolute Gasteiger partial charge is 0.449 e. The first-order valence-electron chi connectivity index (χ1n) is 7.04. The van der Waals surface area contributed by atoms with Crippen LogP contribution in [0.4, 0.5) is 10.5 Å². The molecule has 0 saturated heterocycles. The molecule has 1 aromatic carbocycles. The highest BCUT2D eigenvalue weighted by Gasteiger charge is 2.16. The van der Waals surface area contributed by atoms with Crippen molar-refractivity contribution in [3.63, 3.8) is 0 Å². The standard InChI is InChI=1S/C16H17N5O3/c1-4-24-16(23)21-20-15(22)14-11(3)5-10(2)6-13(14)19-9-12(7-17)8-18/h5-6,9,19H,4H2,1-3H3,(H,20,22)(H,21,23). The van der Waals surface area contributed by atoms with Gasteiger partial charge in [0.05, 0.1) is 17.9 Å². The van der Waals surface area contributed by atoms with Crippen molar-refractivity contribution < 1.29 is 14.3 Å². The number of carbonyl (C=O) groups excluding carboxylic acids is 2. The molecule has 3 N–H and O–H groups in total. The third-order valence-corrected chi connectivity index (χ3v) is 2.87. The van der Waals surface area contributed by atoms with E-state index < -0.39 is 12.0 Å². The summed E-state index contributed by atoms with van der Waals surface area (Å²) in [5, 5.41) is 20.3. The van der Waals surface area contributed by atoms with Crippen LogP contribution in [-0.4, -0.2) is 18.6 Å². The zero-order chi connectivity index (χ0) is 18.1. The van der Waals surface area contributed by atoms with Crippen molar-refractivity contribution in [2.75, 3.05) is 11.9 Å². The van der Waals surface area contributed by atoms with Gasteiger partial charge in [-0.15, -0.1) is 0 Å². The highest BCUT2D eigenvalue weighted by atomic mass is 16.5. The van der Waals surface area contributed by atoms with E-state index in [2.05, 4.69) is 20.9 Å². The molecule has 0 radical (unpaired) electrons. The maximum absolute atomic E-state index is 12.3. The highest BCUT2D eigenvalue weighted by Crippen LogP contribution is 2.22. The molecule has 0 unspecified atom stereocenters. The number of hydrazine groups is 1. The van der Waals surface area contributed by atoms with Crippen LogP contribution in [0.1, 0.15) is 28.4 Å². The van der Waals surface area contributed by atoms with Gasteiger partial charge in [0.2, 0.25) is 0 Å². The van der Waals surface area contributed by atoms with Crippen LogP contribution in [0.15, 0.2) is 23.9 Å². The molecule has 1 rings (SSSR count). The van der Waals surface area contributed by atoms with E-state index in [1.165, 1.54) is 6.20 Å². The average Bonchev–Trinajstić information content (AvgIpc) is 2.53. The van der Waals surface area contributed by atoms with Crippen molar-refractivity contribution in [2.45, 2.75) is 20.8 Å². The Hall–Kier alpha value is -3.52. The van der Waals surface area contributed by atoms with Crippen LogP contribution in [0.25, 0.3) is 0 Å². The molecule has 0 spiro atoms. The van der Waals surface area contributed by atoms with Crippen LogP contribution in [-0.2, 0) is 4.74 Å². The smallest absolute Gasteiger partial charge is 0.426 e. The lowest BCUT2D eigenvalue weighted by molar-refractivity contribution is 0.0913. The monoisotopic (exact) mass is 327 g/mol. The number of nitrogens with zero attached hydrogens (tertiary/aromatic N) is 2. The third kappa shape index (κ3) is 5.04. The number of nitrogens with one attached hydrogen (secondary N) is 3. The topological polar surface area (TPSA) is 127 Å². The summed E-state index contributed by atoms with van der Waals surface area (Å²) >= 11 is 0. The number of allylic oxidation sites excluding steroid dienone is 1. The van der Waals surface area contributed by atoms with E-state index >= 15 is 0 Å². The van der Waals surface area contributed by atoms with Gasteiger partial charge in [0.25, 0.3) is 5.91 Å². The molecular formula is C16H17N5O3. The van der Waals surface area contributed by atoms with Gasteiger partial charge in [-0.05, 0) is 38.0 Å². The summed E-state index contributed by atoms with van der Waals surface area (Å²) in [4.78, 5) is 23.6. The van der Waals surface area contributed by atoms with Gasteiger partial charge in [-0.25, -0.2) is 10.2 Å². The maximum atomic E-state index is 12.3. The Morgan fingerprint density at radius 1 is 1.21 bits per heavy atom. The summed E-state index contributed by atoms with van der Waals surface area (Å²) in [6.45, 7) is 5.39. The SMILES string of the molecule is CCOC(=O)NNC(=O)c1c(C)cc(C)cc1NC=C(C#N)C#N. The molecule has 0 aliphatic rings. The number of hydrogen-bond acceptors (Lipinski definition) is 6. The van der Waals surface area contributed by atoms with E-state index in [1.807, 2.05) is 6.92 Å². The molecule has 8 nitrogen and oxygen atoms in total. The molecule has 2 amide bonds. The minimum atomic E-state index is -0.777. The Morgan fingerprint density at radius 2 is 1.88 bits per heavy atom. The van der Waals surface area contributed by atoms with Gasteiger partial charge in [0.15, 0.2) is 0 Å². The fourth-order valence-corrected chi connectivity index (χ4v) is 1.96. The maximum Gasteiger partial charge on any atom is 0.426 e. The van der Waals surface area contributed by atoms with Crippen LogP contribution in [0.5, 0.6) is 0 Å². The number of amides is 2. The summed E-state index contributed by atoms with van der Waals surface area (Å²) in [6.07, 6.45) is 0.435. The van der Waals surface area contributed by atoms with Crippen LogP contribution >= 0.6 is 0 Å². The van der Waals surface area contributed by atoms with Crippen molar-refractivity contribution in [3.05, 3.63) is 40.6 Å². The summed E-state index contributed by atoms with van der Waals surface area (Å²) in [6, 6.07) is 6.92. The normalized spacial score (nSPS) is 9.04. The summed E-state index contributed by atoms with van der Waals surface area (Å²) in [5.74, 6) is -0.563. The number of ether oxygens (including phenoxy) is 1. The van der Waals surface area contributed by atoms with Crippen molar-refractivity contribution in [2.24, 2.45) is 0 Å². The molecule has 0 heterocycles. The molecule has 0 bridgehead atoms. The molecule has 8 heteroatoms.